The summed E-state index contributed by atoms with van der Waals surface area (Å²) in [4.78, 5) is 15.7. The van der Waals surface area contributed by atoms with Gasteiger partial charge in [0.1, 0.15) is 0 Å². The average molecular weight is 307 g/mol. The van der Waals surface area contributed by atoms with Gasteiger partial charge in [0, 0.05) is 22.4 Å². The molecule has 2 rings (SSSR count). The second-order valence-corrected chi connectivity index (χ2v) is 4.94. The van der Waals surface area contributed by atoms with Crippen LogP contribution in [0.5, 0.6) is 0 Å². The van der Waals surface area contributed by atoms with Crippen LogP contribution in [-0.4, -0.2) is 18.5 Å². The maximum atomic E-state index is 11.4. The molecule has 2 N–H and O–H groups in total. The number of hydrogen-bond donors (Lipinski definition) is 1. The molecule has 2 aromatic carbocycles. The first-order chi connectivity index (χ1) is 9.60. The van der Waals surface area contributed by atoms with E-state index in [2.05, 4.69) is 4.99 Å². The maximum Gasteiger partial charge on any atom is 0.176 e. The smallest absolute Gasteiger partial charge is 0.176 e. The van der Waals surface area contributed by atoms with Gasteiger partial charge in [-0.2, -0.15) is 0 Å². The van der Waals surface area contributed by atoms with Crippen molar-refractivity contribution >= 4 is 40.9 Å². The van der Waals surface area contributed by atoms with Gasteiger partial charge in [0.05, 0.1) is 17.3 Å². The van der Waals surface area contributed by atoms with Gasteiger partial charge in [0.15, 0.2) is 5.78 Å². The lowest BCUT2D eigenvalue weighted by molar-refractivity contribution is 0.100. The van der Waals surface area contributed by atoms with Gasteiger partial charge >= 0.3 is 0 Å². The van der Waals surface area contributed by atoms with Crippen molar-refractivity contribution < 1.29 is 4.79 Å². The number of carbonyl (C=O) groups excluding carboxylic acids is 1. The zero-order valence-electron chi connectivity index (χ0n) is 10.5. The topological polar surface area (TPSA) is 55.5 Å². The van der Waals surface area contributed by atoms with Gasteiger partial charge in [-0.15, -0.1) is 0 Å². The Morgan fingerprint density at radius 2 is 1.85 bits per heavy atom. The number of benzene rings is 2. The molecule has 0 saturated carbocycles. The Morgan fingerprint density at radius 1 is 1.15 bits per heavy atom. The fourth-order valence-electron chi connectivity index (χ4n) is 1.60. The number of nitrogens with two attached hydrogens (primary N) is 1. The predicted octanol–water partition coefficient (Wildman–Crippen LogP) is 3.89. The molecule has 0 fully saturated rings. The summed E-state index contributed by atoms with van der Waals surface area (Å²) in [6, 6.07) is 12.1. The van der Waals surface area contributed by atoms with E-state index in [9.17, 15) is 4.79 Å². The molecule has 0 spiro atoms. The number of aliphatic imine (C=N–C) groups is 1. The van der Waals surface area contributed by atoms with E-state index in [1.165, 1.54) is 0 Å². The van der Waals surface area contributed by atoms with Crippen LogP contribution in [0.25, 0.3) is 0 Å². The van der Waals surface area contributed by atoms with Gasteiger partial charge < -0.3 is 5.73 Å². The van der Waals surface area contributed by atoms with Crippen molar-refractivity contribution in [3.8, 4) is 0 Å². The summed E-state index contributed by atoms with van der Waals surface area (Å²) in [5, 5.41) is 1.12. The standard InChI is InChI=1S/C15H12Cl2N2O/c16-12-4-1-11(14(17)7-12)9-19-13-5-2-10(3-6-13)15(20)8-18/h1-7,9H,8,18H2. The van der Waals surface area contributed by atoms with E-state index < -0.39 is 0 Å². The van der Waals surface area contributed by atoms with Gasteiger partial charge in [-0.25, -0.2) is 0 Å². The first-order valence-electron chi connectivity index (χ1n) is 5.92. The minimum Gasteiger partial charge on any atom is -0.324 e. The number of halogens is 2. The molecule has 3 nitrogen and oxygen atoms in total. The molecule has 5 heteroatoms. The fourth-order valence-corrected chi connectivity index (χ4v) is 2.06. The quantitative estimate of drug-likeness (QED) is 0.688. The summed E-state index contributed by atoms with van der Waals surface area (Å²) in [6.07, 6.45) is 1.65. The summed E-state index contributed by atoms with van der Waals surface area (Å²) in [5.41, 5.74) is 7.38. The van der Waals surface area contributed by atoms with E-state index in [1.54, 1.807) is 48.7 Å². The van der Waals surface area contributed by atoms with Gasteiger partial charge in [-0.05, 0) is 36.4 Å². The summed E-state index contributed by atoms with van der Waals surface area (Å²) in [6.45, 7) is 0.00297. The van der Waals surface area contributed by atoms with Crippen LogP contribution in [0.15, 0.2) is 47.5 Å². The normalized spacial score (nSPS) is 10.9. The molecule has 2 aromatic rings. The molecule has 0 amide bonds. The molecular formula is C15H12Cl2N2O. The van der Waals surface area contributed by atoms with Crippen LogP contribution >= 0.6 is 23.2 Å². The van der Waals surface area contributed by atoms with E-state index in [0.717, 1.165) is 11.3 Å². The maximum absolute atomic E-state index is 11.4. The van der Waals surface area contributed by atoms with Crippen molar-refractivity contribution in [1.82, 2.24) is 0 Å². The minimum atomic E-state index is -0.0960. The second-order valence-electron chi connectivity index (χ2n) is 4.10. The molecular weight excluding hydrogens is 295 g/mol. The Morgan fingerprint density at radius 3 is 2.45 bits per heavy atom. The zero-order chi connectivity index (χ0) is 14.5. The third-order valence-corrected chi connectivity index (χ3v) is 3.25. The molecule has 0 unspecified atom stereocenters. The number of Topliss-reactive ketones (excluding diaryl/α,β-unsaturated/α-hetero) is 1. The predicted molar refractivity (Wildman–Crippen MR) is 83.5 cm³/mol. The Balaban J connectivity index is 2.17. The Labute approximate surface area is 127 Å². The van der Waals surface area contributed by atoms with Crippen LogP contribution in [-0.2, 0) is 0 Å². The summed E-state index contributed by atoms with van der Waals surface area (Å²) in [5.74, 6) is -0.0960. The van der Waals surface area contributed by atoms with Crippen molar-refractivity contribution in [2.45, 2.75) is 0 Å². The zero-order valence-corrected chi connectivity index (χ0v) is 12.0. The molecule has 0 aromatic heterocycles. The number of ketones is 1. The highest BCUT2D eigenvalue weighted by Gasteiger charge is 2.02. The molecule has 0 saturated heterocycles. The third kappa shape index (κ3) is 3.67. The summed E-state index contributed by atoms with van der Waals surface area (Å²) >= 11 is 11.9. The molecule has 20 heavy (non-hydrogen) atoms. The van der Waals surface area contributed by atoms with E-state index in [1.807, 2.05) is 0 Å². The molecule has 0 aliphatic rings. The molecule has 0 heterocycles. The Kier molecular flexibility index (Phi) is 4.90. The molecule has 0 aliphatic carbocycles. The van der Waals surface area contributed by atoms with Crippen molar-refractivity contribution in [2.75, 3.05) is 6.54 Å². The van der Waals surface area contributed by atoms with Gasteiger partial charge in [0.2, 0.25) is 0 Å². The second kappa shape index (κ2) is 6.66. The molecule has 0 aliphatic heterocycles. The lowest BCUT2D eigenvalue weighted by Gasteiger charge is -2.00. The summed E-state index contributed by atoms with van der Waals surface area (Å²) < 4.78 is 0. The van der Waals surface area contributed by atoms with Crippen molar-refractivity contribution in [3.63, 3.8) is 0 Å². The van der Waals surface area contributed by atoms with E-state index in [0.29, 0.717) is 15.6 Å². The van der Waals surface area contributed by atoms with E-state index >= 15 is 0 Å². The lowest BCUT2D eigenvalue weighted by Crippen LogP contribution is -2.13. The highest BCUT2D eigenvalue weighted by Crippen LogP contribution is 2.20. The fraction of sp³-hybridized carbons (Fsp3) is 0.0667. The van der Waals surface area contributed by atoms with Crippen LogP contribution < -0.4 is 5.73 Å². The number of carbonyl (C=O) groups is 1. The van der Waals surface area contributed by atoms with Gasteiger partial charge in [-0.1, -0.05) is 29.3 Å². The van der Waals surface area contributed by atoms with Crippen LogP contribution in [0.3, 0.4) is 0 Å². The minimum absolute atomic E-state index is 0.00297. The lowest BCUT2D eigenvalue weighted by atomic mass is 10.1. The van der Waals surface area contributed by atoms with Crippen LogP contribution in [0.4, 0.5) is 5.69 Å². The van der Waals surface area contributed by atoms with Crippen molar-refractivity contribution in [3.05, 3.63) is 63.6 Å². The molecule has 0 radical (unpaired) electrons. The van der Waals surface area contributed by atoms with E-state index in [-0.39, 0.29) is 12.3 Å². The van der Waals surface area contributed by atoms with Crippen LogP contribution in [0.2, 0.25) is 10.0 Å². The number of nitrogens with zero attached hydrogens (tertiary/aromatic N) is 1. The van der Waals surface area contributed by atoms with Crippen LogP contribution in [0.1, 0.15) is 15.9 Å². The summed E-state index contributed by atoms with van der Waals surface area (Å²) in [7, 11) is 0. The van der Waals surface area contributed by atoms with Crippen molar-refractivity contribution in [1.29, 1.82) is 0 Å². The SMILES string of the molecule is NCC(=O)c1ccc(N=Cc2ccc(Cl)cc2Cl)cc1. The highest BCUT2D eigenvalue weighted by atomic mass is 35.5. The highest BCUT2D eigenvalue weighted by molar-refractivity contribution is 6.36. The van der Waals surface area contributed by atoms with Crippen molar-refractivity contribution in [2.24, 2.45) is 10.7 Å². The molecule has 102 valence electrons. The van der Waals surface area contributed by atoms with E-state index in [4.69, 9.17) is 28.9 Å². The first kappa shape index (κ1) is 14.7. The average Bonchev–Trinajstić information content (AvgIpc) is 2.46. The Bertz CT molecular complexity index is 651. The Hall–Kier alpha value is -1.68. The monoisotopic (exact) mass is 306 g/mol. The van der Waals surface area contributed by atoms with Gasteiger partial charge in [0.25, 0.3) is 0 Å². The third-order valence-electron chi connectivity index (χ3n) is 2.69. The van der Waals surface area contributed by atoms with Crippen LogP contribution in [0, 0.1) is 0 Å². The number of hydrogen-bond acceptors (Lipinski definition) is 3. The first-order valence-corrected chi connectivity index (χ1v) is 6.68. The largest absolute Gasteiger partial charge is 0.324 e. The molecule has 0 bridgehead atoms. The number of rotatable bonds is 4. The van der Waals surface area contributed by atoms with Gasteiger partial charge in [-0.3, -0.25) is 9.79 Å². The molecule has 0 atom stereocenters.